The molecule has 14 heavy (non-hydrogen) atoms. The van der Waals surface area contributed by atoms with Gasteiger partial charge in [-0.15, -0.1) is 0 Å². The second-order valence-electron chi connectivity index (χ2n) is 3.38. The zero-order valence-corrected chi connectivity index (χ0v) is 8.01. The zero-order valence-electron chi connectivity index (χ0n) is 8.01. The summed E-state index contributed by atoms with van der Waals surface area (Å²) in [6.07, 6.45) is 1.87. The van der Waals surface area contributed by atoms with Gasteiger partial charge in [-0.1, -0.05) is 6.07 Å². The summed E-state index contributed by atoms with van der Waals surface area (Å²) in [5.74, 6) is 0. The van der Waals surface area contributed by atoms with Crippen molar-refractivity contribution in [2.75, 3.05) is 6.61 Å². The van der Waals surface area contributed by atoms with Crippen LogP contribution in [0.4, 0.5) is 0 Å². The van der Waals surface area contributed by atoms with Gasteiger partial charge in [-0.3, -0.25) is 0 Å². The molecule has 0 amide bonds. The minimum Gasteiger partial charge on any atom is -0.394 e. The van der Waals surface area contributed by atoms with Crippen LogP contribution in [-0.2, 0) is 0 Å². The number of pyridine rings is 1. The molecular weight excluding hydrogens is 178 g/mol. The Kier molecular flexibility index (Phi) is 2.23. The molecular formula is C10H13N3O. The summed E-state index contributed by atoms with van der Waals surface area (Å²) in [4.78, 5) is 0. The molecule has 2 aromatic rings. The number of hydrogen-bond acceptors (Lipinski definition) is 3. The number of rotatable bonds is 2. The van der Waals surface area contributed by atoms with Gasteiger partial charge in [-0.25, -0.2) is 4.52 Å². The molecule has 2 heterocycles. The van der Waals surface area contributed by atoms with Crippen molar-refractivity contribution in [2.24, 2.45) is 5.73 Å². The second-order valence-corrected chi connectivity index (χ2v) is 3.38. The molecule has 0 saturated carbocycles. The summed E-state index contributed by atoms with van der Waals surface area (Å²) in [5.41, 5.74) is 8.59. The van der Waals surface area contributed by atoms with Gasteiger partial charge >= 0.3 is 0 Å². The van der Waals surface area contributed by atoms with Crippen LogP contribution in [0, 0.1) is 6.92 Å². The topological polar surface area (TPSA) is 63.5 Å². The van der Waals surface area contributed by atoms with Gasteiger partial charge in [0.1, 0.15) is 0 Å². The summed E-state index contributed by atoms with van der Waals surface area (Å²) in [5, 5.41) is 13.2. The van der Waals surface area contributed by atoms with Crippen molar-refractivity contribution in [3.05, 3.63) is 35.7 Å². The van der Waals surface area contributed by atoms with Gasteiger partial charge in [-0.05, 0) is 24.6 Å². The normalized spacial score (nSPS) is 13.4. The first-order valence-corrected chi connectivity index (χ1v) is 4.53. The fraction of sp³-hybridized carbons (Fsp3) is 0.300. The molecule has 2 aromatic heterocycles. The van der Waals surface area contributed by atoms with E-state index in [9.17, 15) is 0 Å². The molecule has 0 bridgehead atoms. The van der Waals surface area contributed by atoms with Crippen LogP contribution in [0.1, 0.15) is 17.3 Å². The van der Waals surface area contributed by atoms with Crippen molar-refractivity contribution < 1.29 is 5.11 Å². The van der Waals surface area contributed by atoms with Crippen molar-refractivity contribution in [2.45, 2.75) is 13.0 Å². The molecule has 4 heteroatoms. The highest BCUT2D eigenvalue weighted by molar-refractivity contribution is 5.54. The Labute approximate surface area is 82.0 Å². The van der Waals surface area contributed by atoms with Crippen LogP contribution in [0.25, 0.3) is 5.52 Å². The highest BCUT2D eigenvalue weighted by atomic mass is 16.3. The van der Waals surface area contributed by atoms with Gasteiger partial charge in [0.15, 0.2) is 0 Å². The van der Waals surface area contributed by atoms with Gasteiger partial charge in [0, 0.05) is 6.20 Å². The average molecular weight is 191 g/mol. The monoisotopic (exact) mass is 191 g/mol. The summed E-state index contributed by atoms with van der Waals surface area (Å²) < 4.78 is 1.78. The molecule has 74 valence electrons. The van der Waals surface area contributed by atoms with Crippen LogP contribution in [0.2, 0.25) is 0 Å². The first-order valence-electron chi connectivity index (χ1n) is 4.53. The maximum absolute atomic E-state index is 8.91. The number of aromatic nitrogens is 2. The number of aryl methyl sites for hydroxylation is 1. The predicted molar refractivity (Wildman–Crippen MR) is 53.9 cm³/mol. The van der Waals surface area contributed by atoms with Gasteiger partial charge in [0.25, 0.3) is 0 Å². The van der Waals surface area contributed by atoms with Gasteiger partial charge < -0.3 is 10.8 Å². The van der Waals surface area contributed by atoms with E-state index in [1.165, 1.54) is 0 Å². The summed E-state index contributed by atoms with van der Waals surface area (Å²) in [6, 6.07) is 5.47. The van der Waals surface area contributed by atoms with E-state index in [1.54, 1.807) is 4.52 Å². The SMILES string of the molecule is Cc1cccn2nc(C(N)CO)cc12. The molecule has 0 aromatic carbocycles. The molecule has 3 N–H and O–H groups in total. The van der Waals surface area contributed by atoms with Crippen molar-refractivity contribution in [3.63, 3.8) is 0 Å². The van der Waals surface area contributed by atoms with E-state index in [4.69, 9.17) is 10.8 Å². The van der Waals surface area contributed by atoms with Crippen LogP contribution in [0.15, 0.2) is 24.4 Å². The second kappa shape index (κ2) is 3.40. The highest BCUT2D eigenvalue weighted by Gasteiger charge is 2.09. The van der Waals surface area contributed by atoms with Crippen molar-refractivity contribution in [1.82, 2.24) is 9.61 Å². The molecule has 0 aliphatic carbocycles. The number of nitrogens with zero attached hydrogens (tertiary/aromatic N) is 2. The number of nitrogens with two attached hydrogens (primary N) is 1. The van der Waals surface area contributed by atoms with Crippen LogP contribution in [-0.4, -0.2) is 21.3 Å². The lowest BCUT2D eigenvalue weighted by atomic mass is 10.2. The highest BCUT2D eigenvalue weighted by Crippen LogP contribution is 2.14. The standard InChI is InChI=1S/C10H13N3O/c1-7-3-2-4-13-10(7)5-9(12-13)8(11)6-14/h2-5,8,14H,6,11H2,1H3. The van der Waals surface area contributed by atoms with E-state index in [0.29, 0.717) is 0 Å². The third kappa shape index (κ3) is 1.38. The molecule has 4 nitrogen and oxygen atoms in total. The number of fused-ring (bicyclic) bond motifs is 1. The fourth-order valence-corrected chi connectivity index (χ4v) is 1.45. The molecule has 2 rings (SSSR count). The minimum absolute atomic E-state index is 0.0804. The third-order valence-electron chi connectivity index (χ3n) is 2.31. The molecule has 0 fully saturated rings. The molecule has 0 aliphatic heterocycles. The van der Waals surface area contributed by atoms with Gasteiger partial charge in [-0.2, -0.15) is 5.10 Å². The van der Waals surface area contributed by atoms with Crippen molar-refractivity contribution >= 4 is 5.52 Å². The molecule has 1 unspecified atom stereocenters. The van der Waals surface area contributed by atoms with E-state index in [2.05, 4.69) is 5.10 Å². The van der Waals surface area contributed by atoms with E-state index in [1.807, 2.05) is 31.3 Å². The van der Waals surface area contributed by atoms with E-state index < -0.39 is 6.04 Å². The summed E-state index contributed by atoms with van der Waals surface area (Å²) in [7, 11) is 0. The first-order chi connectivity index (χ1) is 6.72. The maximum Gasteiger partial charge on any atom is 0.0825 e. The van der Waals surface area contributed by atoms with Crippen LogP contribution in [0.5, 0.6) is 0 Å². The average Bonchev–Trinajstić information content (AvgIpc) is 2.62. The lowest BCUT2D eigenvalue weighted by Crippen LogP contribution is -2.14. The molecule has 0 radical (unpaired) electrons. The van der Waals surface area contributed by atoms with Crippen molar-refractivity contribution in [1.29, 1.82) is 0 Å². The summed E-state index contributed by atoms with van der Waals surface area (Å²) in [6.45, 7) is 1.94. The quantitative estimate of drug-likeness (QED) is 0.732. The van der Waals surface area contributed by atoms with Gasteiger partial charge in [0.05, 0.1) is 23.9 Å². The minimum atomic E-state index is -0.394. The lowest BCUT2D eigenvalue weighted by molar-refractivity contribution is 0.265. The molecule has 0 spiro atoms. The Hall–Kier alpha value is -1.39. The molecule has 1 atom stereocenters. The Bertz CT molecular complexity index is 450. The molecule has 0 aliphatic rings. The predicted octanol–water partition coefficient (Wildman–Crippen LogP) is 0.635. The Morgan fingerprint density at radius 3 is 3.07 bits per heavy atom. The Morgan fingerprint density at radius 1 is 1.64 bits per heavy atom. The van der Waals surface area contributed by atoms with Crippen molar-refractivity contribution in [3.8, 4) is 0 Å². The lowest BCUT2D eigenvalue weighted by Gasteiger charge is -2.01. The summed E-state index contributed by atoms with van der Waals surface area (Å²) >= 11 is 0. The zero-order chi connectivity index (χ0) is 10.1. The number of aliphatic hydroxyl groups is 1. The van der Waals surface area contributed by atoms with E-state index in [0.717, 1.165) is 16.8 Å². The Morgan fingerprint density at radius 2 is 2.43 bits per heavy atom. The Balaban J connectivity index is 2.56. The molecule has 0 saturated heterocycles. The van der Waals surface area contributed by atoms with E-state index in [-0.39, 0.29) is 6.61 Å². The number of aliphatic hydroxyl groups excluding tert-OH is 1. The number of hydrogen-bond donors (Lipinski definition) is 2. The van der Waals surface area contributed by atoms with E-state index >= 15 is 0 Å². The smallest absolute Gasteiger partial charge is 0.0825 e. The maximum atomic E-state index is 8.91. The van der Waals surface area contributed by atoms with Crippen LogP contribution in [0.3, 0.4) is 0 Å². The van der Waals surface area contributed by atoms with Crippen LogP contribution < -0.4 is 5.73 Å². The fourth-order valence-electron chi connectivity index (χ4n) is 1.45. The third-order valence-corrected chi connectivity index (χ3v) is 2.31. The first kappa shape index (κ1) is 9.18. The van der Waals surface area contributed by atoms with Gasteiger partial charge in [0.2, 0.25) is 0 Å². The largest absolute Gasteiger partial charge is 0.394 e. The van der Waals surface area contributed by atoms with Crippen LogP contribution >= 0.6 is 0 Å².